The molecule has 4 rings (SSSR count). The van der Waals surface area contributed by atoms with Crippen molar-refractivity contribution in [3.05, 3.63) is 59.2 Å². The summed E-state index contributed by atoms with van der Waals surface area (Å²) in [5.74, 6) is -0.255. The van der Waals surface area contributed by atoms with Crippen LogP contribution in [0.3, 0.4) is 0 Å². The Labute approximate surface area is 167 Å². The van der Waals surface area contributed by atoms with Crippen LogP contribution in [0.5, 0.6) is 5.75 Å². The van der Waals surface area contributed by atoms with Gasteiger partial charge in [0.15, 0.2) is 0 Å². The second-order valence-corrected chi connectivity index (χ2v) is 7.52. The summed E-state index contributed by atoms with van der Waals surface area (Å²) in [6.45, 7) is 4.94. The van der Waals surface area contributed by atoms with Crippen molar-refractivity contribution in [2.45, 2.75) is 32.7 Å². The van der Waals surface area contributed by atoms with Crippen LogP contribution in [0.1, 0.15) is 24.5 Å². The van der Waals surface area contributed by atoms with Crippen LogP contribution in [0.25, 0.3) is 0 Å². The highest BCUT2D eigenvalue weighted by Gasteiger charge is 2.32. The quantitative estimate of drug-likeness (QED) is 0.699. The second-order valence-electron chi connectivity index (χ2n) is 7.52. The molecule has 0 fully saturated rings. The zero-order chi connectivity index (χ0) is 20.8. The Morgan fingerprint density at radius 2 is 1.90 bits per heavy atom. The summed E-state index contributed by atoms with van der Waals surface area (Å²) in [6, 6.07) is 10.4. The first-order valence-corrected chi connectivity index (χ1v) is 9.47. The van der Waals surface area contributed by atoms with Crippen LogP contribution in [0.2, 0.25) is 0 Å². The number of likely N-dealkylation sites (N-methyl/N-ethyl adjacent to an activating group) is 1. The van der Waals surface area contributed by atoms with Crippen LogP contribution in [-0.2, 0) is 0 Å². The number of benzene rings is 2. The number of fused-ring (bicyclic) bond motifs is 2. The van der Waals surface area contributed by atoms with Crippen molar-refractivity contribution < 1.29 is 17.9 Å². The van der Waals surface area contributed by atoms with E-state index in [1.807, 2.05) is 25.1 Å². The van der Waals surface area contributed by atoms with E-state index in [0.29, 0.717) is 17.0 Å². The lowest BCUT2D eigenvalue weighted by Crippen LogP contribution is -2.33. The topological polar surface area (TPSA) is 36.9 Å². The number of hydrogen-bond acceptors (Lipinski definition) is 4. The number of hydrogen-bond donors (Lipinski definition) is 1. The fourth-order valence-corrected chi connectivity index (χ4v) is 3.64. The molecule has 29 heavy (non-hydrogen) atoms. The van der Waals surface area contributed by atoms with Gasteiger partial charge in [-0.25, -0.2) is 4.99 Å². The van der Waals surface area contributed by atoms with Gasteiger partial charge in [0, 0.05) is 23.8 Å². The minimum atomic E-state index is -4.74. The average Bonchev–Trinajstić information content (AvgIpc) is 2.79. The first-order valence-electron chi connectivity index (χ1n) is 9.47. The average molecular weight is 401 g/mol. The lowest BCUT2D eigenvalue weighted by Gasteiger charge is -2.29. The molecule has 0 saturated heterocycles. The van der Waals surface area contributed by atoms with Crippen molar-refractivity contribution in [2.75, 3.05) is 18.9 Å². The van der Waals surface area contributed by atoms with Gasteiger partial charge in [-0.3, -0.25) is 4.90 Å². The minimum Gasteiger partial charge on any atom is -0.406 e. The molecule has 0 unspecified atom stereocenters. The SMILES string of the molecule is Cc1ccc2c(c1)N=C(C1=C[C@H](C)N(C)CC1)c1cc(OC(F)(F)F)ccc1N2. The highest BCUT2D eigenvalue weighted by atomic mass is 19.4. The Bertz CT molecular complexity index is 1010. The molecule has 0 bridgehead atoms. The molecule has 0 radical (unpaired) electrons. The molecule has 0 aromatic heterocycles. The summed E-state index contributed by atoms with van der Waals surface area (Å²) >= 11 is 0. The van der Waals surface area contributed by atoms with E-state index in [2.05, 4.69) is 35.0 Å². The third kappa shape index (κ3) is 4.15. The Morgan fingerprint density at radius 1 is 1.14 bits per heavy atom. The molecule has 2 aromatic carbocycles. The summed E-state index contributed by atoms with van der Waals surface area (Å²) in [7, 11) is 2.05. The predicted octanol–water partition coefficient (Wildman–Crippen LogP) is 5.72. The van der Waals surface area contributed by atoms with Crippen LogP contribution >= 0.6 is 0 Å². The molecule has 4 nitrogen and oxygen atoms in total. The predicted molar refractivity (Wildman–Crippen MR) is 109 cm³/mol. The van der Waals surface area contributed by atoms with Crippen LogP contribution in [0, 0.1) is 6.92 Å². The van der Waals surface area contributed by atoms with Crippen molar-refractivity contribution in [1.82, 2.24) is 4.90 Å². The lowest BCUT2D eigenvalue weighted by molar-refractivity contribution is -0.274. The van der Waals surface area contributed by atoms with E-state index < -0.39 is 6.36 Å². The second kappa shape index (κ2) is 7.22. The van der Waals surface area contributed by atoms with Gasteiger partial charge >= 0.3 is 6.36 Å². The van der Waals surface area contributed by atoms with Crippen molar-refractivity contribution in [3.63, 3.8) is 0 Å². The molecule has 0 saturated carbocycles. The van der Waals surface area contributed by atoms with E-state index in [1.54, 1.807) is 6.07 Å². The van der Waals surface area contributed by atoms with Crippen LogP contribution in [0.15, 0.2) is 53.0 Å². The molecular weight excluding hydrogens is 379 g/mol. The first kappa shape index (κ1) is 19.5. The molecule has 152 valence electrons. The van der Waals surface area contributed by atoms with E-state index in [9.17, 15) is 13.2 Å². The maximum absolute atomic E-state index is 12.8. The summed E-state index contributed by atoms with van der Waals surface area (Å²) in [6.07, 6.45) is -1.85. The number of aliphatic imine (C=N–C) groups is 1. The molecule has 7 heteroatoms. The van der Waals surface area contributed by atoms with Gasteiger partial charge in [0.1, 0.15) is 5.75 Å². The molecule has 2 aromatic rings. The number of nitrogens with zero attached hydrogens (tertiary/aromatic N) is 2. The van der Waals surface area contributed by atoms with Crippen LogP contribution in [0.4, 0.5) is 30.2 Å². The number of anilines is 2. The fraction of sp³-hybridized carbons (Fsp3) is 0.318. The molecule has 2 heterocycles. The van der Waals surface area contributed by atoms with Crippen molar-refractivity contribution in [2.24, 2.45) is 4.99 Å². The van der Waals surface area contributed by atoms with Gasteiger partial charge in [0.05, 0.1) is 17.1 Å². The Hall–Kier alpha value is -2.80. The highest BCUT2D eigenvalue weighted by Crippen LogP contribution is 2.39. The lowest BCUT2D eigenvalue weighted by atomic mass is 9.93. The number of nitrogens with one attached hydrogen (secondary N) is 1. The normalized spacial score (nSPS) is 19.3. The van der Waals surface area contributed by atoms with E-state index in [4.69, 9.17) is 4.99 Å². The van der Waals surface area contributed by atoms with E-state index in [1.165, 1.54) is 12.1 Å². The number of rotatable bonds is 2. The zero-order valence-corrected chi connectivity index (χ0v) is 16.5. The van der Waals surface area contributed by atoms with Gasteiger partial charge < -0.3 is 10.1 Å². The third-order valence-electron chi connectivity index (χ3n) is 5.31. The standard InChI is InChI=1S/C22H22F3N3O/c1-13-4-6-19-20(10-13)27-21(15-8-9-28(3)14(2)11-15)17-12-16(29-22(23,24)25)5-7-18(17)26-19/h4-7,10-12,14,26H,8-9H2,1-3H3/t14-/m0/s1. The fourth-order valence-electron chi connectivity index (χ4n) is 3.64. The number of aryl methyl sites for hydroxylation is 1. The summed E-state index contributed by atoms with van der Waals surface area (Å²) in [4.78, 5) is 7.12. The van der Waals surface area contributed by atoms with Gasteiger partial charge in [0.25, 0.3) is 0 Å². The maximum atomic E-state index is 12.8. The van der Waals surface area contributed by atoms with Crippen molar-refractivity contribution in [3.8, 4) is 5.75 Å². The Balaban J connectivity index is 1.88. The maximum Gasteiger partial charge on any atom is 0.573 e. The summed E-state index contributed by atoms with van der Waals surface area (Å²) in [5, 5.41) is 3.32. The molecule has 0 spiro atoms. The van der Waals surface area contributed by atoms with E-state index >= 15 is 0 Å². The first-order chi connectivity index (χ1) is 13.7. The Morgan fingerprint density at radius 3 is 2.62 bits per heavy atom. The molecule has 2 aliphatic rings. The van der Waals surface area contributed by atoms with Crippen molar-refractivity contribution in [1.29, 1.82) is 0 Å². The smallest absolute Gasteiger partial charge is 0.406 e. The van der Waals surface area contributed by atoms with Gasteiger partial charge in [-0.05, 0) is 68.8 Å². The zero-order valence-electron chi connectivity index (χ0n) is 16.5. The van der Waals surface area contributed by atoms with E-state index in [0.717, 1.165) is 35.5 Å². The van der Waals surface area contributed by atoms with Crippen molar-refractivity contribution >= 4 is 22.8 Å². The Kier molecular flexibility index (Phi) is 4.86. The van der Waals surface area contributed by atoms with Gasteiger partial charge in [-0.15, -0.1) is 13.2 Å². The molecule has 1 atom stereocenters. The summed E-state index contributed by atoms with van der Waals surface area (Å²) in [5.41, 5.74) is 5.66. The van der Waals surface area contributed by atoms with E-state index in [-0.39, 0.29) is 11.8 Å². The van der Waals surface area contributed by atoms with Gasteiger partial charge in [-0.2, -0.15) is 0 Å². The van der Waals surface area contributed by atoms with Crippen LogP contribution < -0.4 is 10.1 Å². The highest BCUT2D eigenvalue weighted by molar-refractivity contribution is 6.18. The molecule has 1 N–H and O–H groups in total. The monoisotopic (exact) mass is 401 g/mol. The molecule has 2 aliphatic heterocycles. The van der Waals surface area contributed by atoms with Gasteiger partial charge in [0.2, 0.25) is 0 Å². The third-order valence-corrected chi connectivity index (χ3v) is 5.31. The molecule has 0 amide bonds. The number of ether oxygens (including phenoxy) is 1. The van der Waals surface area contributed by atoms with Crippen LogP contribution in [-0.4, -0.2) is 36.6 Å². The molecule has 0 aliphatic carbocycles. The largest absolute Gasteiger partial charge is 0.573 e. The number of alkyl halides is 3. The number of halogens is 3. The minimum absolute atomic E-state index is 0.215. The molecular formula is C22H22F3N3O. The van der Waals surface area contributed by atoms with Gasteiger partial charge in [-0.1, -0.05) is 12.1 Å². The summed E-state index contributed by atoms with van der Waals surface area (Å²) < 4.78 is 42.5.